The lowest BCUT2D eigenvalue weighted by Crippen LogP contribution is -2.76. The number of halogens is 3. The normalized spacial score (nSPS) is 49.3. The minimum Gasteiger partial charge on any atom is -0.378 e. The summed E-state index contributed by atoms with van der Waals surface area (Å²) in [5.41, 5.74) is -0.484. The van der Waals surface area contributed by atoms with Crippen molar-refractivity contribution in [2.24, 2.45) is 17.8 Å². The quantitative estimate of drug-likeness (QED) is 0.408. The summed E-state index contributed by atoms with van der Waals surface area (Å²) in [6, 6.07) is -0.0936. The lowest BCUT2D eigenvalue weighted by atomic mass is 9.74. The molecule has 11 atom stereocenters. The molecule has 6 nitrogen and oxygen atoms in total. The smallest absolute Gasteiger partial charge is 0.320 e. The predicted molar refractivity (Wildman–Crippen MR) is 124 cm³/mol. The van der Waals surface area contributed by atoms with Crippen molar-refractivity contribution in [2.75, 3.05) is 13.2 Å². The summed E-state index contributed by atoms with van der Waals surface area (Å²) in [5.74, 6) is 0.0126. The standard InChI is InChI=1S/C23H37Cl2FN4O2/c1-2-4-16-20-12(7-9-27-16)8-10-32-17-6-3-5-15(26)18(17)19-14(24)11-13-21(25)29-23(31)30(20)22(13)28-19/h12-22,27-28H,2-11H2,1H3,(H,29,31). The molecule has 3 N–H and O–H groups in total. The van der Waals surface area contributed by atoms with Crippen LogP contribution >= 0.6 is 23.2 Å². The number of carbonyl (C=O) groups is 1. The molecule has 0 radical (unpaired) electrons. The Balaban J connectivity index is 1.55. The molecule has 0 aromatic heterocycles. The summed E-state index contributed by atoms with van der Waals surface area (Å²) in [7, 11) is 0. The minimum atomic E-state index is -0.945. The third kappa shape index (κ3) is 4.15. The third-order valence-corrected chi connectivity index (χ3v) is 9.50. The highest BCUT2D eigenvalue weighted by molar-refractivity contribution is 6.22. The molecule has 4 heterocycles. The van der Waals surface area contributed by atoms with Crippen LogP contribution in [0.3, 0.4) is 0 Å². The molecule has 5 rings (SSSR count). The van der Waals surface area contributed by atoms with Crippen LogP contribution in [0, 0.1) is 17.8 Å². The van der Waals surface area contributed by atoms with Crippen LogP contribution in [0.4, 0.5) is 9.18 Å². The van der Waals surface area contributed by atoms with Crippen molar-refractivity contribution in [3.8, 4) is 0 Å². The number of hydrogen-bond donors (Lipinski definition) is 3. The van der Waals surface area contributed by atoms with Gasteiger partial charge in [0.15, 0.2) is 0 Å². The maximum absolute atomic E-state index is 15.3. The molecule has 1 saturated carbocycles. The largest absolute Gasteiger partial charge is 0.378 e. The number of hydrogen-bond acceptors (Lipinski definition) is 4. The minimum absolute atomic E-state index is 0.0280. The van der Waals surface area contributed by atoms with E-state index < -0.39 is 11.7 Å². The summed E-state index contributed by atoms with van der Waals surface area (Å²) < 4.78 is 21.7. The Morgan fingerprint density at radius 3 is 2.88 bits per heavy atom. The maximum Gasteiger partial charge on any atom is 0.320 e. The fourth-order valence-electron chi connectivity index (χ4n) is 7.17. The van der Waals surface area contributed by atoms with Crippen molar-refractivity contribution in [3.05, 3.63) is 0 Å². The van der Waals surface area contributed by atoms with Gasteiger partial charge in [-0.05, 0) is 57.4 Å². The highest BCUT2D eigenvalue weighted by atomic mass is 35.5. The van der Waals surface area contributed by atoms with Crippen LogP contribution < -0.4 is 16.0 Å². The van der Waals surface area contributed by atoms with E-state index in [4.69, 9.17) is 27.9 Å². The number of nitrogens with zero attached hydrogens (tertiary/aromatic N) is 1. The predicted octanol–water partition coefficient (Wildman–Crippen LogP) is 3.56. The summed E-state index contributed by atoms with van der Waals surface area (Å²) in [6.07, 6.45) is 5.54. The van der Waals surface area contributed by atoms with Crippen molar-refractivity contribution in [3.63, 3.8) is 0 Å². The molecular formula is C23H37Cl2FN4O2. The van der Waals surface area contributed by atoms with E-state index in [0.29, 0.717) is 25.4 Å². The van der Waals surface area contributed by atoms with E-state index in [9.17, 15) is 4.79 Å². The zero-order valence-electron chi connectivity index (χ0n) is 18.8. The molecule has 9 heteroatoms. The van der Waals surface area contributed by atoms with Crippen LogP contribution in [0.2, 0.25) is 0 Å². The Morgan fingerprint density at radius 2 is 2.06 bits per heavy atom. The third-order valence-electron chi connectivity index (χ3n) is 8.62. The second kappa shape index (κ2) is 9.73. The van der Waals surface area contributed by atoms with Crippen LogP contribution in [0.25, 0.3) is 0 Å². The summed E-state index contributed by atoms with van der Waals surface area (Å²) in [6.45, 7) is 3.74. The number of carbonyl (C=O) groups excluding carboxylic acids is 1. The Morgan fingerprint density at radius 1 is 1.22 bits per heavy atom. The topological polar surface area (TPSA) is 65.6 Å². The first-order valence-corrected chi connectivity index (χ1v) is 13.5. The van der Waals surface area contributed by atoms with Gasteiger partial charge in [-0.3, -0.25) is 5.32 Å². The first kappa shape index (κ1) is 23.4. The first-order valence-electron chi connectivity index (χ1n) is 12.6. The van der Waals surface area contributed by atoms with E-state index in [2.05, 4.69) is 22.9 Å². The fourth-order valence-corrected chi connectivity index (χ4v) is 7.95. The van der Waals surface area contributed by atoms with Gasteiger partial charge in [-0.1, -0.05) is 24.9 Å². The monoisotopic (exact) mass is 490 g/mol. The van der Waals surface area contributed by atoms with E-state index in [0.717, 1.165) is 45.1 Å². The summed E-state index contributed by atoms with van der Waals surface area (Å²) in [5, 5.41) is 10.1. The Bertz CT molecular complexity index is 688. The average Bonchev–Trinajstić information content (AvgIpc) is 2.78. The van der Waals surface area contributed by atoms with Gasteiger partial charge in [0.2, 0.25) is 0 Å². The van der Waals surface area contributed by atoms with Crippen molar-refractivity contribution in [1.82, 2.24) is 20.9 Å². The second-order valence-corrected chi connectivity index (χ2v) is 11.5. The van der Waals surface area contributed by atoms with E-state index in [1.807, 2.05) is 4.90 Å². The highest BCUT2D eigenvalue weighted by Crippen LogP contribution is 2.43. The highest BCUT2D eigenvalue weighted by Gasteiger charge is 2.55. The summed E-state index contributed by atoms with van der Waals surface area (Å²) >= 11 is 13.6. The Kier molecular flexibility index (Phi) is 7.11. The molecule has 4 saturated heterocycles. The number of rotatable bonds is 2. The van der Waals surface area contributed by atoms with Gasteiger partial charge in [0.05, 0.1) is 18.3 Å². The van der Waals surface area contributed by atoms with Crippen LogP contribution in [0.1, 0.15) is 58.3 Å². The maximum atomic E-state index is 15.3. The zero-order valence-corrected chi connectivity index (χ0v) is 20.3. The van der Waals surface area contributed by atoms with Crippen molar-refractivity contribution in [2.45, 2.75) is 106 Å². The van der Waals surface area contributed by atoms with Crippen LogP contribution in [-0.4, -0.2) is 71.5 Å². The molecule has 2 amide bonds. The number of amides is 2. The number of alkyl halides is 3. The van der Waals surface area contributed by atoms with Gasteiger partial charge < -0.3 is 20.3 Å². The lowest BCUT2D eigenvalue weighted by molar-refractivity contribution is -0.0664. The molecule has 182 valence electrons. The molecule has 5 aliphatic rings. The van der Waals surface area contributed by atoms with Crippen molar-refractivity contribution < 1.29 is 13.9 Å². The number of ether oxygens (including phenoxy) is 1. The average molecular weight is 491 g/mol. The van der Waals surface area contributed by atoms with Crippen LogP contribution in [-0.2, 0) is 4.74 Å². The molecule has 2 bridgehead atoms. The SMILES string of the molecule is CCCC1NCCC2CCOC3CCCC(F)C3C3NC4C(CC3Cl)C(Cl)NC(=O)N4C21. The van der Waals surface area contributed by atoms with Crippen LogP contribution in [0.5, 0.6) is 0 Å². The van der Waals surface area contributed by atoms with Gasteiger partial charge in [0.25, 0.3) is 0 Å². The molecule has 32 heavy (non-hydrogen) atoms. The van der Waals surface area contributed by atoms with E-state index >= 15 is 4.39 Å². The molecule has 5 fully saturated rings. The number of nitrogens with one attached hydrogen (secondary N) is 3. The van der Waals surface area contributed by atoms with Gasteiger partial charge >= 0.3 is 6.03 Å². The van der Waals surface area contributed by atoms with Crippen molar-refractivity contribution >= 4 is 29.2 Å². The molecule has 0 aromatic carbocycles. The molecule has 1 aliphatic carbocycles. The second-order valence-electron chi connectivity index (χ2n) is 10.4. The van der Waals surface area contributed by atoms with E-state index in [-0.39, 0.29) is 53.6 Å². The van der Waals surface area contributed by atoms with Gasteiger partial charge in [-0.15, -0.1) is 11.6 Å². The zero-order chi connectivity index (χ0) is 22.4. The Hall–Kier alpha value is -0.340. The number of urea groups is 1. The van der Waals surface area contributed by atoms with Gasteiger partial charge in [0, 0.05) is 35.9 Å². The molecule has 0 aromatic rings. The molecule has 11 unspecified atom stereocenters. The van der Waals surface area contributed by atoms with Gasteiger partial charge in [-0.25, -0.2) is 9.18 Å². The van der Waals surface area contributed by atoms with Crippen LogP contribution in [0.15, 0.2) is 0 Å². The Labute approximate surface area is 200 Å². The number of fused-ring (bicyclic) bond motifs is 5. The molecule has 4 aliphatic heterocycles. The summed E-state index contributed by atoms with van der Waals surface area (Å²) in [4.78, 5) is 15.4. The van der Waals surface area contributed by atoms with E-state index in [1.54, 1.807) is 0 Å². The first-order chi connectivity index (χ1) is 15.5. The molecular weight excluding hydrogens is 454 g/mol. The molecule has 0 spiro atoms. The van der Waals surface area contributed by atoms with Gasteiger partial charge in [0.1, 0.15) is 11.7 Å². The van der Waals surface area contributed by atoms with Gasteiger partial charge in [-0.2, -0.15) is 0 Å². The van der Waals surface area contributed by atoms with Crippen molar-refractivity contribution in [1.29, 1.82) is 0 Å². The lowest BCUT2D eigenvalue weighted by Gasteiger charge is -2.56. The van der Waals surface area contributed by atoms with E-state index in [1.165, 1.54) is 0 Å². The number of piperidine rings is 2. The fraction of sp³-hybridized carbons (Fsp3) is 0.957.